The van der Waals surface area contributed by atoms with Crippen LogP contribution >= 0.6 is 0 Å². The Morgan fingerprint density at radius 2 is 1.65 bits per heavy atom. The first-order valence-corrected chi connectivity index (χ1v) is 7.97. The van der Waals surface area contributed by atoms with E-state index in [4.69, 9.17) is 4.74 Å². The molecule has 1 aromatic carbocycles. The summed E-state index contributed by atoms with van der Waals surface area (Å²) >= 11 is 0. The summed E-state index contributed by atoms with van der Waals surface area (Å²) in [4.78, 5) is 0. The highest BCUT2D eigenvalue weighted by Crippen LogP contribution is 2.41. The molecule has 0 amide bonds. The van der Waals surface area contributed by atoms with Gasteiger partial charge in [-0.1, -0.05) is 32.0 Å². The molecule has 20 heavy (non-hydrogen) atoms. The van der Waals surface area contributed by atoms with Crippen LogP contribution in [0.15, 0.2) is 24.3 Å². The van der Waals surface area contributed by atoms with E-state index >= 15 is 0 Å². The molecule has 1 N–H and O–H groups in total. The van der Waals surface area contributed by atoms with Gasteiger partial charge in [0.15, 0.2) is 0 Å². The average Bonchev–Trinajstić information content (AvgIpc) is 2.49. The lowest BCUT2D eigenvalue weighted by Crippen LogP contribution is -2.30. The maximum atomic E-state index is 5.54. The first kappa shape index (κ1) is 15.4. The molecule has 1 aliphatic carbocycles. The SMILES string of the molecule is CNC(c1ccccc1OC)C1CCC(C(C)C)CC1. The quantitative estimate of drug-likeness (QED) is 0.859. The maximum absolute atomic E-state index is 5.54. The van der Waals surface area contributed by atoms with E-state index in [1.165, 1.54) is 31.2 Å². The van der Waals surface area contributed by atoms with Crippen LogP contribution in [0.5, 0.6) is 5.75 Å². The van der Waals surface area contributed by atoms with Crippen LogP contribution in [-0.4, -0.2) is 14.2 Å². The van der Waals surface area contributed by atoms with E-state index in [-0.39, 0.29) is 0 Å². The molecule has 1 aromatic rings. The minimum absolute atomic E-state index is 0.416. The summed E-state index contributed by atoms with van der Waals surface area (Å²) < 4.78 is 5.54. The largest absolute Gasteiger partial charge is 0.496 e. The molecule has 1 fully saturated rings. The highest BCUT2D eigenvalue weighted by atomic mass is 16.5. The van der Waals surface area contributed by atoms with Crippen molar-refractivity contribution in [3.63, 3.8) is 0 Å². The van der Waals surface area contributed by atoms with Gasteiger partial charge in [-0.05, 0) is 56.6 Å². The summed E-state index contributed by atoms with van der Waals surface area (Å²) in [7, 11) is 3.84. The molecule has 1 saturated carbocycles. The standard InChI is InChI=1S/C18H29NO/c1-13(2)14-9-11-15(12-10-14)18(19-3)16-7-5-6-8-17(16)20-4/h5-8,13-15,18-19H,9-12H2,1-4H3. The third-order valence-corrected chi connectivity index (χ3v) is 5.02. The van der Waals surface area contributed by atoms with Gasteiger partial charge in [-0.3, -0.25) is 0 Å². The zero-order chi connectivity index (χ0) is 14.5. The van der Waals surface area contributed by atoms with Crippen LogP contribution in [0.25, 0.3) is 0 Å². The Morgan fingerprint density at radius 1 is 1.05 bits per heavy atom. The van der Waals surface area contributed by atoms with E-state index in [1.54, 1.807) is 7.11 Å². The van der Waals surface area contributed by atoms with Crippen LogP contribution < -0.4 is 10.1 Å². The van der Waals surface area contributed by atoms with Crippen molar-refractivity contribution in [2.75, 3.05) is 14.2 Å². The Kier molecular flexibility index (Phi) is 5.47. The molecule has 0 heterocycles. The fourth-order valence-corrected chi connectivity index (χ4v) is 3.71. The van der Waals surface area contributed by atoms with Gasteiger partial charge in [0.2, 0.25) is 0 Å². The summed E-state index contributed by atoms with van der Waals surface area (Å²) in [6.45, 7) is 4.72. The number of ether oxygens (including phenoxy) is 1. The fourth-order valence-electron chi connectivity index (χ4n) is 3.71. The Balaban J connectivity index is 2.09. The van der Waals surface area contributed by atoms with Crippen LogP contribution in [-0.2, 0) is 0 Å². The minimum atomic E-state index is 0.416. The molecule has 0 aliphatic heterocycles. The van der Waals surface area contributed by atoms with Crippen molar-refractivity contribution in [1.29, 1.82) is 0 Å². The molecule has 1 atom stereocenters. The summed E-state index contributed by atoms with van der Waals surface area (Å²) in [5, 5.41) is 3.53. The zero-order valence-corrected chi connectivity index (χ0v) is 13.4. The van der Waals surface area contributed by atoms with E-state index in [1.807, 2.05) is 6.07 Å². The third kappa shape index (κ3) is 3.35. The second kappa shape index (κ2) is 7.12. The lowest BCUT2D eigenvalue weighted by Gasteiger charge is -2.36. The van der Waals surface area contributed by atoms with Gasteiger partial charge in [-0.25, -0.2) is 0 Å². The monoisotopic (exact) mass is 275 g/mol. The van der Waals surface area contributed by atoms with Crippen molar-refractivity contribution >= 4 is 0 Å². The van der Waals surface area contributed by atoms with Gasteiger partial charge in [-0.2, -0.15) is 0 Å². The molecular weight excluding hydrogens is 246 g/mol. The van der Waals surface area contributed by atoms with Crippen LogP contribution in [0.2, 0.25) is 0 Å². The summed E-state index contributed by atoms with van der Waals surface area (Å²) in [6, 6.07) is 8.85. The van der Waals surface area contributed by atoms with Crippen molar-refractivity contribution in [3.05, 3.63) is 29.8 Å². The number of para-hydroxylation sites is 1. The number of hydrogen-bond donors (Lipinski definition) is 1. The van der Waals surface area contributed by atoms with Crippen molar-refractivity contribution in [3.8, 4) is 5.75 Å². The molecule has 0 saturated heterocycles. The minimum Gasteiger partial charge on any atom is -0.496 e. The fraction of sp³-hybridized carbons (Fsp3) is 0.667. The van der Waals surface area contributed by atoms with Crippen molar-refractivity contribution in [2.45, 2.75) is 45.6 Å². The predicted octanol–water partition coefficient (Wildman–Crippen LogP) is 4.42. The Bertz CT molecular complexity index is 408. The first-order valence-electron chi connectivity index (χ1n) is 7.97. The van der Waals surface area contributed by atoms with Gasteiger partial charge in [0, 0.05) is 11.6 Å². The number of rotatable bonds is 5. The summed E-state index contributed by atoms with van der Waals surface area (Å²) in [5.41, 5.74) is 1.31. The second-order valence-corrected chi connectivity index (χ2v) is 6.43. The zero-order valence-electron chi connectivity index (χ0n) is 13.4. The molecule has 2 heteroatoms. The van der Waals surface area contributed by atoms with Gasteiger partial charge >= 0.3 is 0 Å². The molecule has 1 unspecified atom stereocenters. The number of hydrogen-bond acceptors (Lipinski definition) is 2. The molecule has 1 aliphatic rings. The Morgan fingerprint density at radius 3 is 2.20 bits per heavy atom. The Hall–Kier alpha value is -1.02. The number of nitrogens with one attached hydrogen (secondary N) is 1. The van der Waals surface area contributed by atoms with Crippen LogP contribution in [0.1, 0.15) is 51.1 Å². The van der Waals surface area contributed by atoms with E-state index in [2.05, 4.69) is 44.4 Å². The third-order valence-electron chi connectivity index (χ3n) is 5.02. The first-order chi connectivity index (χ1) is 9.67. The molecule has 0 spiro atoms. The average molecular weight is 275 g/mol. The maximum Gasteiger partial charge on any atom is 0.123 e. The number of benzene rings is 1. The van der Waals surface area contributed by atoms with Gasteiger partial charge in [0.1, 0.15) is 5.75 Å². The molecule has 112 valence electrons. The molecule has 0 aromatic heterocycles. The smallest absolute Gasteiger partial charge is 0.123 e. The van der Waals surface area contributed by atoms with E-state index in [9.17, 15) is 0 Å². The molecule has 2 nitrogen and oxygen atoms in total. The number of methoxy groups -OCH3 is 1. The molecular formula is C18H29NO. The summed E-state index contributed by atoms with van der Waals surface area (Å²) in [6.07, 6.45) is 5.39. The predicted molar refractivity (Wildman–Crippen MR) is 85.1 cm³/mol. The summed E-state index contributed by atoms with van der Waals surface area (Å²) in [5.74, 6) is 3.49. The van der Waals surface area contributed by atoms with Crippen LogP contribution in [0, 0.1) is 17.8 Å². The van der Waals surface area contributed by atoms with Crippen molar-refractivity contribution < 1.29 is 4.74 Å². The van der Waals surface area contributed by atoms with Gasteiger partial charge in [-0.15, -0.1) is 0 Å². The highest BCUT2D eigenvalue weighted by molar-refractivity contribution is 5.36. The lowest BCUT2D eigenvalue weighted by atomic mass is 9.73. The van der Waals surface area contributed by atoms with Gasteiger partial charge in [0.05, 0.1) is 7.11 Å². The highest BCUT2D eigenvalue weighted by Gasteiger charge is 2.30. The molecule has 0 bridgehead atoms. The Labute approximate surface area is 123 Å². The van der Waals surface area contributed by atoms with E-state index in [0.717, 1.165) is 23.5 Å². The van der Waals surface area contributed by atoms with E-state index in [0.29, 0.717) is 6.04 Å². The van der Waals surface area contributed by atoms with Gasteiger partial charge < -0.3 is 10.1 Å². The second-order valence-electron chi connectivity index (χ2n) is 6.43. The molecule has 2 rings (SSSR count). The van der Waals surface area contributed by atoms with Crippen LogP contribution in [0.4, 0.5) is 0 Å². The van der Waals surface area contributed by atoms with Crippen LogP contribution in [0.3, 0.4) is 0 Å². The normalized spacial score (nSPS) is 24.6. The lowest BCUT2D eigenvalue weighted by molar-refractivity contribution is 0.191. The van der Waals surface area contributed by atoms with E-state index < -0.39 is 0 Å². The molecule has 0 radical (unpaired) electrons. The van der Waals surface area contributed by atoms with Crippen molar-refractivity contribution in [1.82, 2.24) is 5.32 Å². The topological polar surface area (TPSA) is 21.3 Å². The van der Waals surface area contributed by atoms with Gasteiger partial charge in [0.25, 0.3) is 0 Å². The van der Waals surface area contributed by atoms with Crippen molar-refractivity contribution in [2.24, 2.45) is 17.8 Å².